The molecule has 31 heavy (non-hydrogen) atoms. The average molecular weight is 418 g/mol. The second-order valence-corrected chi connectivity index (χ2v) is 8.36. The van der Waals surface area contributed by atoms with E-state index in [9.17, 15) is 14.7 Å². The maximum Gasteiger partial charge on any atom is 0.254 e. The Bertz CT molecular complexity index is 1010. The fourth-order valence-corrected chi connectivity index (χ4v) is 4.51. The van der Waals surface area contributed by atoms with E-state index in [1.165, 1.54) is 0 Å². The number of nitrogens with zero attached hydrogens (tertiary/aromatic N) is 3. The highest BCUT2D eigenvalue weighted by Crippen LogP contribution is 2.43. The van der Waals surface area contributed by atoms with Crippen molar-refractivity contribution in [3.05, 3.63) is 71.3 Å². The minimum absolute atomic E-state index is 0.0101. The Kier molecular flexibility index (Phi) is 6.08. The Balaban J connectivity index is 1.52. The number of piperazine rings is 1. The van der Waals surface area contributed by atoms with Crippen LogP contribution in [-0.2, 0) is 4.79 Å². The molecule has 2 fully saturated rings. The highest BCUT2D eigenvalue weighted by molar-refractivity contribution is 5.97. The lowest BCUT2D eigenvalue weighted by atomic mass is 9.73. The van der Waals surface area contributed by atoms with E-state index < -0.39 is 0 Å². The molecule has 0 spiro atoms. The van der Waals surface area contributed by atoms with E-state index in [1.807, 2.05) is 61.5 Å². The van der Waals surface area contributed by atoms with Crippen LogP contribution in [0.25, 0.3) is 0 Å². The molecule has 160 valence electrons. The van der Waals surface area contributed by atoms with Gasteiger partial charge in [-0.25, -0.2) is 0 Å². The molecule has 2 aromatic carbocycles. The van der Waals surface area contributed by atoms with E-state index in [4.69, 9.17) is 0 Å². The molecule has 2 heterocycles. The highest BCUT2D eigenvalue weighted by atomic mass is 16.3. The van der Waals surface area contributed by atoms with Gasteiger partial charge in [-0.2, -0.15) is 0 Å². The minimum atomic E-state index is -0.253. The Morgan fingerprint density at radius 1 is 1.13 bits per heavy atom. The van der Waals surface area contributed by atoms with Crippen LogP contribution in [-0.4, -0.2) is 84.0 Å². The first-order chi connectivity index (χ1) is 15.0. The molecule has 6 nitrogen and oxygen atoms in total. The second-order valence-electron chi connectivity index (χ2n) is 8.36. The first-order valence-electron chi connectivity index (χ1n) is 10.5. The molecule has 6 heteroatoms. The Morgan fingerprint density at radius 2 is 1.84 bits per heavy atom. The lowest BCUT2D eigenvalue weighted by Gasteiger charge is -2.58. The number of benzene rings is 2. The van der Waals surface area contributed by atoms with Crippen molar-refractivity contribution in [3.63, 3.8) is 0 Å². The van der Waals surface area contributed by atoms with E-state index in [2.05, 4.69) is 11.8 Å². The summed E-state index contributed by atoms with van der Waals surface area (Å²) in [5.41, 5.74) is 2.57. The number of aliphatic hydroxyl groups excluding tert-OH is 1. The smallest absolute Gasteiger partial charge is 0.254 e. The molecular weight excluding hydrogens is 390 g/mol. The zero-order valence-corrected chi connectivity index (χ0v) is 17.9. The molecule has 0 bridgehead atoms. The predicted molar refractivity (Wildman–Crippen MR) is 118 cm³/mol. The van der Waals surface area contributed by atoms with Crippen LogP contribution in [0.15, 0.2) is 54.6 Å². The molecular formula is C25H27N3O3. The summed E-state index contributed by atoms with van der Waals surface area (Å²) >= 11 is 0. The van der Waals surface area contributed by atoms with Crippen molar-refractivity contribution in [2.45, 2.75) is 18.0 Å². The third-order valence-corrected chi connectivity index (χ3v) is 5.98. The molecule has 2 aliphatic heterocycles. The van der Waals surface area contributed by atoms with E-state index in [0.717, 1.165) is 11.1 Å². The third-order valence-electron chi connectivity index (χ3n) is 5.98. The van der Waals surface area contributed by atoms with Gasteiger partial charge in [0.1, 0.15) is 6.54 Å². The lowest BCUT2D eigenvalue weighted by Crippen LogP contribution is -2.73. The van der Waals surface area contributed by atoms with Crippen LogP contribution < -0.4 is 0 Å². The van der Waals surface area contributed by atoms with Crippen LogP contribution in [0.2, 0.25) is 0 Å². The second kappa shape index (κ2) is 8.93. The predicted octanol–water partition coefficient (Wildman–Crippen LogP) is 1.41. The van der Waals surface area contributed by atoms with Crippen molar-refractivity contribution in [2.75, 3.05) is 40.3 Å². The van der Waals surface area contributed by atoms with E-state index in [-0.39, 0.29) is 43.0 Å². The summed E-state index contributed by atoms with van der Waals surface area (Å²) in [6, 6.07) is 16.7. The summed E-state index contributed by atoms with van der Waals surface area (Å²) in [5.74, 6) is 6.02. The number of aliphatic hydroxyl groups is 1. The molecule has 2 aliphatic rings. The SMILES string of the molecule is CN(C)CC#Cc1ccc([C@H]2[C@H](CO)N3C(=O)CN(C(=O)c4ccccc4)C[C@@H]23)cc1. The number of hydrogen-bond acceptors (Lipinski definition) is 4. The zero-order valence-electron chi connectivity index (χ0n) is 17.9. The zero-order chi connectivity index (χ0) is 22.0. The normalized spacial score (nSPS) is 22.5. The van der Waals surface area contributed by atoms with Gasteiger partial charge in [-0.3, -0.25) is 14.5 Å². The Morgan fingerprint density at radius 3 is 2.48 bits per heavy atom. The van der Waals surface area contributed by atoms with Crippen LogP contribution in [0.5, 0.6) is 0 Å². The molecule has 4 rings (SSSR count). The minimum Gasteiger partial charge on any atom is -0.394 e. The van der Waals surface area contributed by atoms with Crippen LogP contribution >= 0.6 is 0 Å². The standard InChI is InChI=1S/C25H27N3O3/c1-26(2)14-6-7-18-10-12-19(13-11-18)24-21-15-27(16-23(30)28(21)22(24)17-29)25(31)20-8-4-3-5-9-20/h3-5,8-13,21-22,24,29H,14-17H2,1-2H3/t21-,22-,24+/m0/s1. The molecule has 0 aliphatic carbocycles. The van der Waals surface area contributed by atoms with Gasteiger partial charge in [-0.1, -0.05) is 42.2 Å². The maximum atomic E-state index is 12.9. The number of fused-ring (bicyclic) bond motifs is 1. The summed E-state index contributed by atoms with van der Waals surface area (Å²) in [7, 11) is 3.96. The van der Waals surface area contributed by atoms with E-state index >= 15 is 0 Å². The van der Waals surface area contributed by atoms with Gasteiger partial charge < -0.3 is 14.9 Å². The third kappa shape index (κ3) is 4.20. The van der Waals surface area contributed by atoms with Crippen LogP contribution in [0.1, 0.15) is 27.4 Å². The van der Waals surface area contributed by atoms with Crippen LogP contribution in [0.3, 0.4) is 0 Å². The molecule has 2 amide bonds. The topological polar surface area (TPSA) is 64.1 Å². The van der Waals surface area contributed by atoms with Gasteiger partial charge in [-0.15, -0.1) is 0 Å². The molecule has 2 aromatic rings. The largest absolute Gasteiger partial charge is 0.394 e. The van der Waals surface area contributed by atoms with Crippen molar-refractivity contribution in [1.82, 2.24) is 14.7 Å². The molecule has 0 unspecified atom stereocenters. The number of amides is 2. The number of carbonyl (C=O) groups is 2. The van der Waals surface area contributed by atoms with Gasteiger partial charge in [0.15, 0.2) is 0 Å². The first-order valence-corrected chi connectivity index (χ1v) is 10.5. The van der Waals surface area contributed by atoms with Crippen molar-refractivity contribution >= 4 is 11.8 Å². The van der Waals surface area contributed by atoms with Gasteiger partial charge in [0.2, 0.25) is 5.91 Å². The summed E-state index contributed by atoms with van der Waals surface area (Å²) < 4.78 is 0. The van der Waals surface area contributed by atoms with Gasteiger partial charge in [0.25, 0.3) is 5.91 Å². The molecule has 2 saturated heterocycles. The summed E-state index contributed by atoms with van der Waals surface area (Å²) in [6.45, 7) is 1.12. The molecule has 3 atom stereocenters. The monoisotopic (exact) mass is 417 g/mol. The molecule has 0 saturated carbocycles. The fourth-order valence-electron chi connectivity index (χ4n) is 4.51. The fraction of sp³-hybridized carbons (Fsp3) is 0.360. The Labute approximate surface area is 183 Å². The summed E-state index contributed by atoms with van der Waals surface area (Å²) in [6.07, 6.45) is 0. The lowest BCUT2D eigenvalue weighted by molar-refractivity contribution is -0.159. The molecule has 0 radical (unpaired) electrons. The van der Waals surface area contributed by atoms with E-state index in [1.54, 1.807) is 21.9 Å². The quantitative estimate of drug-likeness (QED) is 0.765. The van der Waals surface area contributed by atoms with Crippen LogP contribution in [0.4, 0.5) is 0 Å². The number of hydrogen-bond donors (Lipinski definition) is 1. The van der Waals surface area contributed by atoms with Gasteiger partial charge in [-0.05, 0) is 43.9 Å². The van der Waals surface area contributed by atoms with Crippen molar-refractivity contribution in [2.24, 2.45) is 0 Å². The van der Waals surface area contributed by atoms with Gasteiger partial charge in [0.05, 0.1) is 25.2 Å². The number of rotatable bonds is 4. The van der Waals surface area contributed by atoms with Gasteiger partial charge in [0, 0.05) is 23.6 Å². The van der Waals surface area contributed by atoms with Crippen molar-refractivity contribution < 1.29 is 14.7 Å². The van der Waals surface area contributed by atoms with Crippen molar-refractivity contribution in [1.29, 1.82) is 0 Å². The summed E-state index contributed by atoms with van der Waals surface area (Å²) in [5, 5.41) is 9.95. The number of carbonyl (C=O) groups excluding carboxylic acids is 2. The summed E-state index contributed by atoms with van der Waals surface area (Å²) in [4.78, 5) is 31.1. The maximum absolute atomic E-state index is 12.9. The van der Waals surface area contributed by atoms with Crippen molar-refractivity contribution in [3.8, 4) is 11.8 Å². The Hall–Kier alpha value is -3.14. The van der Waals surface area contributed by atoms with Crippen LogP contribution in [0, 0.1) is 11.8 Å². The molecule has 1 N–H and O–H groups in total. The van der Waals surface area contributed by atoms with Gasteiger partial charge >= 0.3 is 0 Å². The average Bonchev–Trinajstić information content (AvgIpc) is 2.76. The first kappa shape index (κ1) is 21.1. The highest BCUT2D eigenvalue weighted by Gasteiger charge is 2.54. The molecule has 0 aromatic heterocycles. The van der Waals surface area contributed by atoms with E-state index in [0.29, 0.717) is 18.7 Å².